The van der Waals surface area contributed by atoms with Crippen LogP contribution in [0.25, 0.3) is 0 Å². The van der Waals surface area contributed by atoms with Crippen LogP contribution in [0.5, 0.6) is 0 Å². The molecule has 0 radical (unpaired) electrons. The van der Waals surface area contributed by atoms with E-state index < -0.39 is 0 Å². The molecule has 0 rings (SSSR count). The molecule has 0 aliphatic carbocycles. The normalized spacial score (nSPS) is 15.6. The molecular weight excluding hydrogens is 721 g/mol. The van der Waals surface area contributed by atoms with E-state index in [4.69, 9.17) is 0 Å². The molecular formula is C60H122. The van der Waals surface area contributed by atoms with Gasteiger partial charge in [0.2, 0.25) is 0 Å². The van der Waals surface area contributed by atoms with Crippen LogP contribution in [0.3, 0.4) is 0 Å². The molecule has 0 aliphatic heterocycles. The molecule has 0 bridgehead atoms. The summed E-state index contributed by atoms with van der Waals surface area (Å²) in [5.41, 5.74) is 0.987. The van der Waals surface area contributed by atoms with Gasteiger partial charge in [0.25, 0.3) is 0 Å². The fourth-order valence-corrected chi connectivity index (χ4v) is 13.0. The third-order valence-corrected chi connectivity index (χ3v) is 16.4. The molecule has 5 unspecified atom stereocenters. The monoisotopic (exact) mass is 843 g/mol. The van der Waals surface area contributed by atoms with Crippen molar-refractivity contribution in [2.24, 2.45) is 28.6 Å². The van der Waals surface area contributed by atoms with E-state index in [1.165, 1.54) is 263 Å². The molecule has 5 atom stereocenters. The maximum atomic E-state index is 2.70. The van der Waals surface area contributed by atoms with Gasteiger partial charge in [-0.1, -0.05) is 313 Å². The van der Waals surface area contributed by atoms with Crippen LogP contribution in [0, 0.1) is 28.6 Å². The van der Waals surface area contributed by atoms with E-state index in [2.05, 4.69) is 62.3 Å². The summed E-state index contributed by atoms with van der Waals surface area (Å²) >= 11 is 0. The van der Waals surface area contributed by atoms with Crippen molar-refractivity contribution in [3.8, 4) is 0 Å². The molecule has 0 aromatic heterocycles. The Morgan fingerprint density at radius 1 is 0.217 bits per heavy atom. The quantitative estimate of drug-likeness (QED) is 0.0535. The molecule has 362 valence electrons. The predicted octanol–water partition coefficient (Wildman–Crippen LogP) is 22.9. The van der Waals surface area contributed by atoms with Crippen LogP contribution >= 0.6 is 0 Å². The second-order valence-corrected chi connectivity index (χ2v) is 21.1. The molecule has 0 spiro atoms. The molecule has 0 aromatic rings. The first kappa shape index (κ1) is 60.0. The highest BCUT2D eigenvalue weighted by atomic mass is 14.6. The van der Waals surface area contributed by atoms with Crippen molar-refractivity contribution in [2.45, 2.75) is 358 Å². The lowest BCUT2D eigenvalue weighted by molar-refractivity contribution is -0.145. The zero-order chi connectivity index (χ0) is 44.3. The minimum atomic E-state index is 0.492. The fourth-order valence-electron chi connectivity index (χ4n) is 13.0. The summed E-state index contributed by atoms with van der Waals surface area (Å²) < 4.78 is 0. The van der Waals surface area contributed by atoms with Crippen LogP contribution in [0.1, 0.15) is 358 Å². The summed E-state index contributed by atoms with van der Waals surface area (Å²) in [6.45, 7) is 22.4. The summed E-state index contributed by atoms with van der Waals surface area (Å²) in [7, 11) is 0. The SMILES string of the molecule is CCCCCCCCCCC(CCCCCCCCC)(C(CC)CCCCC)C(CCCCCCCC)(C(CC)CCCC)C(CCCCCCC)CCCCCCCC. The van der Waals surface area contributed by atoms with Crippen molar-refractivity contribution in [1.29, 1.82) is 0 Å². The van der Waals surface area contributed by atoms with E-state index in [1.54, 1.807) is 32.1 Å². The summed E-state index contributed by atoms with van der Waals surface area (Å²) in [5.74, 6) is 2.71. The Morgan fingerprint density at radius 3 is 0.817 bits per heavy atom. The first-order valence-electron chi connectivity index (χ1n) is 29.5. The van der Waals surface area contributed by atoms with Gasteiger partial charge >= 0.3 is 0 Å². The zero-order valence-electron chi connectivity index (χ0n) is 44.3. The van der Waals surface area contributed by atoms with Crippen molar-refractivity contribution >= 4 is 0 Å². The lowest BCUT2D eigenvalue weighted by Gasteiger charge is -2.63. The van der Waals surface area contributed by atoms with Crippen molar-refractivity contribution in [3.05, 3.63) is 0 Å². The van der Waals surface area contributed by atoms with Crippen LogP contribution in [0.4, 0.5) is 0 Å². The Morgan fingerprint density at radius 2 is 0.467 bits per heavy atom. The average molecular weight is 844 g/mol. The summed E-state index contributed by atoms with van der Waals surface area (Å²) in [5, 5.41) is 0. The van der Waals surface area contributed by atoms with Crippen LogP contribution < -0.4 is 0 Å². The molecule has 0 saturated carbocycles. The van der Waals surface area contributed by atoms with Crippen LogP contribution in [0.15, 0.2) is 0 Å². The largest absolute Gasteiger partial charge is 0.0654 e. The molecule has 0 aromatic carbocycles. The van der Waals surface area contributed by atoms with E-state index in [9.17, 15) is 0 Å². The van der Waals surface area contributed by atoms with Crippen molar-refractivity contribution in [3.63, 3.8) is 0 Å². The third-order valence-electron chi connectivity index (χ3n) is 16.4. The molecule has 60 heavy (non-hydrogen) atoms. The minimum absolute atomic E-state index is 0.492. The zero-order valence-corrected chi connectivity index (χ0v) is 44.3. The van der Waals surface area contributed by atoms with Gasteiger partial charge in [-0.3, -0.25) is 0 Å². The summed E-state index contributed by atoms with van der Waals surface area (Å²) in [4.78, 5) is 0. The van der Waals surface area contributed by atoms with E-state index in [1.807, 2.05) is 0 Å². The Labute approximate surface area is 384 Å². The highest BCUT2D eigenvalue weighted by molar-refractivity contribution is 5.07. The number of rotatable bonds is 50. The Balaban J connectivity index is 7.81. The van der Waals surface area contributed by atoms with Gasteiger partial charge in [0, 0.05) is 0 Å². The second-order valence-electron chi connectivity index (χ2n) is 21.1. The van der Waals surface area contributed by atoms with Gasteiger partial charge in [-0.2, -0.15) is 0 Å². The maximum absolute atomic E-state index is 2.70. The van der Waals surface area contributed by atoms with E-state index >= 15 is 0 Å². The summed E-state index contributed by atoms with van der Waals surface area (Å²) in [6.07, 6.45) is 67.4. The summed E-state index contributed by atoms with van der Waals surface area (Å²) in [6, 6.07) is 0. The fraction of sp³-hybridized carbons (Fsp3) is 1.00. The van der Waals surface area contributed by atoms with Crippen LogP contribution in [-0.4, -0.2) is 0 Å². The third kappa shape index (κ3) is 26.1. The molecule has 0 nitrogen and oxygen atoms in total. The van der Waals surface area contributed by atoms with E-state index in [0.717, 1.165) is 17.8 Å². The van der Waals surface area contributed by atoms with E-state index in [-0.39, 0.29) is 0 Å². The van der Waals surface area contributed by atoms with Gasteiger partial charge in [0.1, 0.15) is 0 Å². The van der Waals surface area contributed by atoms with E-state index in [0.29, 0.717) is 10.8 Å². The minimum Gasteiger partial charge on any atom is -0.0654 e. The topological polar surface area (TPSA) is 0 Å². The predicted molar refractivity (Wildman–Crippen MR) is 279 cm³/mol. The van der Waals surface area contributed by atoms with Crippen molar-refractivity contribution in [1.82, 2.24) is 0 Å². The molecule has 0 heteroatoms. The molecule has 0 N–H and O–H groups in total. The van der Waals surface area contributed by atoms with Gasteiger partial charge in [-0.15, -0.1) is 0 Å². The van der Waals surface area contributed by atoms with Gasteiger partial charge in [0.15, 0.2) is 0 Å². The standard InChI is InChI=1S/C60H122/c1-10-19-26-31-35-37-41-47-54-59(56(17-8)50-43-24-15-6,53-46-40-36-32-27-20-11-2)60(57(18-9)49-25-16-7,55-48-42-34-29-22-13-4)58(51-44-38-30-23-14-5)52-45-39-33-28-21-12-3/h56-58H,10-55H2,1-9H3. The smallest absolute Gasteiger partial charge is 0.0182 e. The lowest BCUT2D eigenvalue weighted by Crippen LogP contribution is -2.56. The van der Waals surface area contributed by atoms with Crippen LogP contribution in [-0.2, 0) is 0 Å². The van der Waals surface area contributed by atoms with Gasteiger partial charge in [-0.05, 0) is 73.5 Å². The molecule has 0 aliphatic rings. The van der Waals surface area contributed by atoms with Gasteiger partial charge in [0.05, 0.1) is 0 Å². The molecule has 0 saturated heterocycles. The van der Waals surface area contributed by atoms with Gasteiger partial charge in [-0.25, -0.2) is 0 Å². The van der Waals surface area contributed by atoms with Crippen molar-refractivity contribution < 1.29 is 0 Å². The lowest BCUT2D eigenvalue weighted by atomic mass is 9.41. The van der Waals surface area contributed by atoms with Crippen molar-refractivity contribution in [2.75, 3.05) is 0 Å². The molecule has 0 amide bonds. The average Bonchev–Trinajstić information content (AvgIpc) is 3.26. The first-order chi connectivity index (χ1) is 29.5. The first-order valence-corrected chi connectivity index (χ1v) is 29.5. The molecule has 0 heterocycles. The highest BCUT2D eigenvalue weighted by Gasteiger charge is 2.58. The Bertz CT molecular complexity index is 813. The Hall–Kier alpha value is 0. The number of hydrogen-bond acceptors (Lipinski definition) is 0. The van der Waals surface area contributed by atoms with Crippen LogP contribution in [0.2, 0.25) is 0 Å². The maximum Gasteiger partial charge on any atom is -0.0182 e. The Kier molecular flexibility index (Phi) is 44.2. The van der Waals surface area contributed by atoms with Gasteiger partial charge < -0.3 is 0 Å². The molecule has 0 fully saturated rings. The second kappa shape index (κ2) is 44.2. The highest BCUT2D eigenvalue weighted by Crippen LogP contribution is 2.67. The number of unbranched alkanes of at least 4 members (excludes halogenated alkanes) is 30. The number of hydrogen-bond donors (Lipinski definition) is 0.